The van der Waals surface area contributed by atoms with Gasteiger partial charge in [0.25, 0.3) is 5.91 Å². The molecule has 2 aromatic carbocycles. The number of hydrogen-bond donors (Lipinski definition) is 2. The number of carboxylic acids is 1. The Morgan fingerprint density at radius 1 is 0.958 bits per heavy atom. The first-order chi connectivity index (χ1) is 11.4. The maximum Gasteiger partial charge on any atom is 0.368 e. The fraction of sp³-hybridized carbons (Fsp3) is 0.176. The van der Waals surface area contributed by atoms with Crippen LogP contribution in [0.5, 0.6) is 0 Å². The maximum absolute atomic E-state index is 12.3. The van der Waals surface area contributed by atoms with E-state index in [2.05, 4.69) is 5.32 Å². The van der Waals surface area contributed by atoms with Gasteiger partial charge < -0.3 is 19.3 Å². The Bertz CT molecular complexity index is 741. The minimum atomic E-state index is -2.41. The third kappa shape index (κ3) is 3.70. The quantitative estimate of drug-likeness (QED) is 0.784. The highest BCUT2D eigenvalue weighted by Gasteiger charge is 2.31. The highest BCUT2D eigenvalue weighted by Crippen LogP contribution is 2.14. The molecule has 6 nitrogen and oxygen atoms in total. The van der Waals surface area contributed by atoms with Gasteiger partial charge in [0.2, 0.25) is 0 Å². The molecule has 2 aromatic rings. The van der Waals surface area contributed by atoms with Gasteiger partial charge in [-0.05, 0) is 36.0 Å². The first-order valence-corrected chi connectivity index (χ1v) is 9.57. The Morgan fingerprint density at radius 3 is 2.00 bits per heavy atom. The zero-order chi connectivity index (χ0) is 17.7. The van der Waals surface area contributed by atoms with Crippen LogP contribution in [0.4, 0.5) is 5.69 Å². The molecule has 24 heavy (non-hydrogen) atoms. The molecule has 0 saturated carbocycles. The second-order valence-corrected chi connectivity index (χ2v) is 8.52. The van der Waals surface area contributed by atoms with Crippen LogP contribution in [0, 0.1) is 0 Å². The molecule has 1 amide bonds. The number of aromatic carboxylic acids is 1. The average molecular weight is 345 g/mol. The second-order valence-electron chi connectivity index (χ2n) is 5.24. The molecule has 126 valence electrons. The van der Waals surface area contributed by atoms with Crippen LogP contribution < -0.4 is 10.5 Å². The zero-order valence-corrected chi connectivity index (χ0v) is 14.7. The summed E-state index contributed by atoms with van der Waals surface area (Å²) in [6, 6.07) is 13.2. The standard InChI is InChI=1S/C17H19NO5Si/c1-22-24(3,23-2)13-10-8-12(9-11-13)18-16(19)14-6-4-5-7-15(14)17(20)21/h4-11H,1-3H3,(H,18,19)(H,20,21). The van der Waals surface area contributed by atoms with Crippen LogP contribution in [0.15, 0.2) is 48.5 Å². The van der Waals surface area contributed by atoms with Gasteiger partial charge in [-0.2, -0.15) is 0 Å². The van der Waals surface area contributed by atoms with Gasteiger partial charge in [0.05, 0.1) is 11.1 Å². The molecule has 2 rings (SSSR count). The van der Waals surface area contributed by atoms with Crippen LogP contribution in [0.3, 0.4) is 0 Å². The normalized spacial score (nSPS) is 11.1. The van der Waals surface area contributed by atoms with Gasteiger partial charge in [-0.3, -0.25) is 4.79 Å². The van der Waals surface area contributed by atoms with E-state index in [9.17, 15) is 9.59 Å². The summed E-state index contributed by atoms with van der Waals surface area (Å²) in [5, 5.41) is 12.8. The van der Waals surface area contributed by atoms with Crippen LogP contribution in [0.25, 0.3) is 0 Å². The summed E-state index contributed by atoms with van der Waals surface area (Å²) in [6.45, 7) is 1.92. The van der Waals surface area contributed by atoms with Crippen molar-refractivity contribution in [1.82, 2.24) is 0 Å². The van der Waals surface area contributed by atoms with E-state index in [1.54, 1.807) is 38.5 Å². The molecule has 0 spiro atoms. The number of carbonyl (C=O) groups is 2. The minimum absolute atomic E-state index is 0.0367. The third-order valence-electron chi connectivity index (χ3n) is 3.85. The summed E-state index contributed by atoms with van der Waals surface area (Å²) in [5.74, 6) is -1.61. The number of benzene rings is 2. The molecular formula is C17H19NO5Si. The Morgan fingerprint density at radius 2 is 1.50 bits per heavy atom. The molecule has 0 fully saturated rings. The van der Waals surface area contributed by atoms with Gasteiger partial charge >= 0.3 is 14.5 Å². The number of carbonyl (C=O) groups excluding carboxylic acids is 1. The first-order valence-electron chi connectivity index (χ1n) is 7.26. The van der Waals surface area contributed by atoms with Crippen LogP contribution >= 0.6 is 0 Å². The predicted molar refractivity (Wildman–Crippen MR) is 93.1 cm³/mol. The van der Waals surface area contributed by atoms with Crippen molar-refractivity contribution in [2.24, 2.45) is 0 Å². The van der Waals surface area contributed by atoms with E-state index in [1.807, 2.05) is 18.7 Å². The molecule has 0 aliphatic heterocycles. The Balaban J connectivity index is 2.21. The molecule has 0 atom stereocenters. The SMILES string of the molecule is CO[Si](C)(OC)c1ccc(NC(=O)c2ccccc2C(=O)O)cc1. The van der Waals surface area contributed by atoms with Crippen molar-refractivity contribution in [3.8, 4) is 0 Å². The largest absolute Gasteiger partial charge is 0.478 e. The fourth-order valence-corrected chi connectivity index (χ4v) is 3.65. The molecule has 0 unspecified atom stereocenters. The lowest BCUT2D eigenvalue weighted by molar-refractivity contribution is 0.0692. The molecule has 0 aromatic heterocycles. The van der Waals surface area contributed by atoms with Crippen molar-refractivity contribution in [1.29, 1.82) is 0 Å². The van der Waals surface area contributed by atoms with Crippen molar-refractivity contribution in [2.45, 2.75) is 6.55 Å². The Hall–Kier alpha value is -2.48. The van der Waals surface area contributed by atoms with E-state index in [1.165, 1.54) is 12.1 Å². The number of carboxylic acid groups (broad SMARTS) is 1. The number of amides is 1. The Kier molecular flexibility index (Phi) is 5.50. The summed E-state index contributed by atoms with van der Waals surface area (Å²) in [7, 11) is 0.796. The first kappa shape index (κ1) is 17.9. The van der Waals surface area contributed by atoms with Crippen LogP contribution in [-0.2, 0) is 8.85 Å². The van der Waals surface area contributed by atoms with Gasteiger partial charge in [0, 0.05) is 19.9 Å². The average Bonchev–Trinajstić information content (AvgIpc) is 2.61. The molecule has 0 radical (unpaired) electrons. The summed E-state index contributed by atoms with van der Waals surface area (Å²) >= 11 is 0. The summed E-state index contributed by atoms with van der Waals surface area (Å²) in [5.41, 5.74) is 0.639. The molecule has 0 aliphatic rings. The predicted octanol–water partition coefficient (Wildman–Crippen LogP) is 2.21. The molecular weight excluding hydrogens is 326 g/mol. The highest BCUT2D eigenvalue weighted by molar-refractivity contribution is 6.79. The van der Waals surface area contributed by atoms with Crippen molar-refractivity contribution < 1.29 is 23.5 Å². The third-order valence-corrected chi connectivity index (χ3v) is 6.79. The lowest BCUT2D eigenvalue weighted by Crippen LogP contribution is -2.49. The van der Waals surface area contributed by atoms with E-state index in [-0.39, 0.29) is 11.1 Å². The maximum atomic E-state index is 12.3. The molecule has 0 heterocycles. The van der Waals surface area contributed by atoms with Crippen LogP contribution in [0.1, 0.15) is 20.7 Å². The van der Waals surface area contributed by atoms with E-state index >= 15 is 0 Å². The molecule has 0 aliphatic carbocycles. The van der Waals surface area contributed by atoms with Crippen LogP contribution in [0.2, 0.25) is 6.55 Å². The molecule has 0 saturated heterocycles. The van der Waals surface area contributed by atoms with Gasteiger partial charge in [-0.1, -0.05) is 24.3 Å². The Labute approximate surface area is 141 Å². The fourth-order valence-electron chi connectivity index (χ4n) is 2.24. The lowest BCUT2D eigenvalue weighted by Gasteiger charge is -2.23. The molecule has 7 heteroatoms. The number of rotatable bonds is 6. The van der Waals surface area contributed by atoms with Crippen molar-refractivity contribution in [3.05, 3.63) is 59.7 Å². The van der Waals surface area contributed by atoms with Gasteiger partial charge in [0.15, 0.2) is 0 Å². The number of hydrogen-bond acceptors (Lipinski definition) is 4. The van der Waals surface area contributed by atoms with E-state index < -0.39 is 20.4 Å². The minimum Gasteiger partial charge on any atom is -0.478 e. The summed E-state index contributed by atoms with van der Waals surface area (Å²) < 4.78 is 10.9. The second kappa shape index (κ2) is 7.39. The highest BCUT2D eigenvalue weighted by atomic mass is 28.4. The zero-order valence-electron chi connectivity index (χ0n) is 13.7. The van der Waals surface area contributed by atoms with Gasteiger partial charge in [-0.15, -0.1) is 0 Å². The van der Waals surface area contributed by atoms with E-state index in [0.29, 0.717) is 5.69 Å². The number of anilines is 1. The van der Waals surface area contributed by atoms with E-state index in [4.69, 9.17) is 14.0 Å². The summed E-state index contributed by atoms with van der Waals surface area (Å²) in [6.07, 6.45) is 0. The van der Waals surface area contributed by atoms with Crippen molar-refractivity contribution in [3.63, 3.8) is 0 Å². The van der Waals surface area contributed by atoms with Gasteiger partial charge in [0.1, 0.15) is 0 Å². The number of nitrogens with one attached hydrogen (secondary N) is 1. The lowest BCUT2D eigenvalue weighted by atomic mass is 10.1. The van der Waals surface area contributed by atoms with Crippen LogP contribution in [-0.4, -0.2) is 39.8 Å². The smallest absolute Gasteiger partial charge is 0.368 e. The monoisotopic (exact) mass is 345 g/mol. The molecule has 0 bridgehead atoms. The van der Waals surface area contributed by atoms with E-state index in [0.717, 1.165) is 5.19 Å². The topological polar surface area (TPSA) is 84.9 Å². The van der Waals surface area contributed by atoms with Crippen molar-refractivity contribution in [2.75, 3.05) is 19.5 Å². The summed E-state index contributed by atoms with van der Waals surface area (Å²) in [4.78, 5) is 23.5. The van der Waals surface area contributed by atoms with Gasteiger partial charge in [-0.25, -0.2) is 4.79 Å². The van der Waals surface area contributed by atoms with Crippen molar-refractivity contribution >= 4 is 31.3 Å². The molecule has 2 N–H and O–H groups in total.